The molecule has 1 aromatic carbocycles. The Labute approximate surface area is 137 Å². The Hall–Kier alpha value is -1.55. The average molecular weight is 317 g/mol. The highest BCUT2D eigenvalue weighted by Gasteiger charge is 2.15. The number of benzene rings is 1. The normalized spacial score (nSPS) is 15.9. The van der Waals surface area contributed by atoms with Crippen molar-refractivity contribution in [3.8, 4) is 0 Å². The predicted molar refractivity (Wildman–Crippen MR) is 94.0 cm³/mol. The van der Waals surface area contributed by atoms with Crippen LogP contribution in [0.5, 0.6) is 0 Å². The van der Waals surface area contributed by atoms with Gasteiger partial charge in [0.25, 0.3) is 5.91 Å². The molecule has 1 aliphatic carbocycles. The lowest BCUT2D eigenvalue weighted by Crippen LogP contribution is -2.08. The van der Waals surface area contributed by atoms with Crippen LogP contribution in [-0.4, -0.2) is 17.6 Å². The van der Waals surface area contributed by atoms with Crippen LogP contribution in [0.4, 0.5) is 0 Å². The SMILES string of the molecule is C=C(C(=O)N=COSC1CCCCC1)c1ccc(C)c(C)c1. The predicted octanol–water partition coefficient (Wildman–Crippen LogP) is 4.87. The van der Waals surface area contributed by atoms with Crippen molar-refractivity contribution >= 4 is 29.9 Å². The van der Waals surface area contributed by atoms with Gasteiger partial charge < -0.3 is 4.18 Å². The maximum Gasteiger partial charge on any atom is 0.279 e. The number of carbonyl (C=O) groups excluding carboxylic acids is 1. The average Bonchev–Trinajstić information content (AvgIpc) is 2.54. The number of hydrogen-bond acceptors (Lipinski definition) is 3. The van der Waals surface area contributed by atoms with E-state index in [0.717, 1.165) is 11.1 Å². The van der Waals surface area contributed by atoms with Gasteiger partial charge in [-0.25, -0.2) is 0 Å². The first-order valence-corrected chi connectivity index (χ1v) is 8.54. The number of carbonyl (C=O) groups is 1. The summed E-state index contributed by atoms with van der Waals surface area (Å²) in [6, 6.07) is 5.85. The number of aryl methyl sites for hydroxylation is 2. The number of aliphatic imine (C=N–C) groups is 1. The Balaban J connectivity index is 1.83. The van der Waals surface area contributed by atoms with E-state index in [4.69, 9.17) is 4.18 Å². The molecule has 0 bridgehead atoms. The van der Waals surface area contributed by atoms with Crippen molar-refractivity contribution in [2.75, 3.05) is 0 Å². The van der Waals surface area contributed by atoms with Crippen LogP contribution < -0.4 is 0 Å². The molecule has 22 heavy (non-hydrogen) atoms. The minimum atomic E-state index is -0.354. The zero-order valence-electron chi connectivity index (χ0n) is 13.3. The highest BCUT2D eigenvalue weighted by Crippen LogP contribution is 2.28. The molecule has 1 saturated carbocycles. The van der Waals surface area contributed by atoms with E-state index in [0.29, 0.717) is 10.8 Å². The summed E-state index contributed by atoms with van der Waals surface area (Å²) in [6.45, 7) is 7.90. The molecule has 0 N–H and O–H groups in total. The minimum absolute atomic E-state index is 0.354. The molecule has 118 valence electrons. The maximum atomic E-state index is 12.0. The summed E-state index contributed by atoms with van der Waals surface area (Å²) < 4.78 is 5.34. The number of amides is 1. The van der Waals surface area contributed by atoms with E-state index in [-0.39, 0.29) is 5.91 Å². The number of hydrogen-bond donors (Lipinski definition) is 0. The van der Waals surface area contributed by atoms with Crippen molar-refractivity contribution < 1.29 is 8.98 Å². The largest absolute Gasteiger partial charge is 0.413 e. The Morgan fingerprint density at radius 3 is 2.68 bits per heavy atom. The second-order valence-corrected chi connectivity index (χ2v) is 6.82. The standard InChI is InChI=1S/C18H23NO2S/c1-13-9-10-16(11-14(13)2)15(3)18(20)19-12-21-22-17-7-5-4-6-8-17/h9-12,17H,3-8H2,1-2H3. The molecule has 1 amide bonds. The summed E-state index contributed by atoms with van der Waals surface area (Å²) in [7, 11) is 0. The lowest BCUT2D eigenvalue weighted by molar-refractivity contribution is -0.112. The highest BCUT2D eigenvalue weighted by atomic mass is 32.2. The van der Waals surface area contributed by atoms with Crippen molar-refractivity contribution in [1.29, 1.82) is 0 Å². The molecule has 0 unspecified atom stereocenters. The Morgan fingerprint density at radius 2 is 2.00 bits per heavy atom. The molecule has 0 radical (unpaired) electrons. The summed E-state index contributed by atoms with van der Waals surface area (Å²) in [5, 5.41) is 0.526. The van der Waals surface area contributed by atoms with Crippen LogP contribution in [0.15, 0.2) is 29.8 Å². The fraction of sp³-hybridized carbons (Fsp3) is 0.444. The van der Waals surface area contributed by atoms with E-state index in [1.807, 2.05) is 32.0 Å². The molecule has 0 atom stereocenters. The number of rotatable bonds is 5. The van der Waals surface area contributed by atoms with Crippen molar-refractivity contribution in [3.05, 3.63) is 41.5 Å². The third-order valence-electron chi connectivity index (χ3n) is 4.07. The van der Waals surface area contributed by atoms with Crippen LogP contribution in [0.2, 0.25) is 0 Å². The summed E-state index contributed by atoms with van der Waals surface area (Å²) in [6.07, 6.45) is 7.46. The van der Waals surface area contributed by atoms with E-state index >= 15 is 0 Å². The Kier molecular flexibility index (Phi) is 6.25. The van der Waals surface area contributed by atoms with Crippen LogP contribution in [0.25, 0.3) is 5.57 Å². The van der Waals surface area contributed by atoms with Gasteiger partial charge in [-0.3, -0.25) is 4.79 Å². The number of nitrogens with zero attached hydrogens (tertiary/aromatic N) is 1. The van der Waals surface area contributed by atoms with E-state index in [1.54, 1.807) is 0 Å². The van der Waals surface area contributed by atoms with Crippen molar-refractivity contribution in [1.82, 2.24) is 0 Å². The summed E-state index contributed by atoms with van der Waals surface area (Å²) in [5.41, 5.74) is 3.54. The molecule has 1 fully saturated rings. The lowest BCUT2D eigenvalue weighted by atomic mass is 10.0. The van der Waals surface area contributed by atoms with Crippen molar-refractivity contribution in [2.24, 2.45) is 4.99 Å². The molecule has 0 spiro atoms. The van der Waals surface area contributed by atoms with Crippen LogP contribution in [-0.2, 0) is 8.98 Å². The van der Waals surface area contributed by atoms with E-state index in [9.17, 15) is 4.79 Å². The van der Waals surface area contributed by atoms with E-state index in [2.05, 4.69) is 11.6 Å². The van der Waals surface area contributed by atoms with E-state index < -0.39 is 0 Å². The minimum Gasteiger partial charge on any atom is -0.413 e. The monoisotopic (exact) mass is 317 g/mol. The molecule has 0 saturated heterocycles. The summed E-state index contributed by atoms with van der Waals surface area (Å²) in [4.78, 5) is 15.8. The zero-order valence-corrected chi connectivity index (χ0v) is 14.1. The van der Waals surface area contributed by atoms with Gasteiger partial charge >= 0.3 is 0 Å². The first kappa shape index (κ1) is 16.8. The molecule has 0 heterocycles. The lowest BCUT2D eigenvalue weighted by Gasteiger charge is -2.18. The molecule has 0 aromatic heterocycles. The third-order valence-corrected chi connectivity index (χ3v) is 5.01. The fourth-order valence-electron chi connectivity index (χ4n) is 2.46. The van der Waals surface area contributed by atoms with Gasteiger partial charge in [0, 0.05) is 10.8 Å². The second-order valence-electron chi connectivity index (χ2n) is 5.77. The molecule has 0 aliphatic heterocycles. The van der Waals surface area contributed by atoms with Crippen molar-refractivity contribution in [3.63, 3.8) is 0 Å². The van der Waals surface area contributed by atoms with Gasteiger partial charge in [-0.2, -0.15) is 4.99 Å². The highest BCUT2D eigenvalue weighted by molar-refractivity contribution is 7.95. The van der Waals surface area contributed by atoms with Crippen LogP contribution >= 0.6 is 12.0 Å². The van der Waals surface area contributed by atoms with Crippen LogP contribution in [0.1, 0.15) is 48.8 Å². The van der Waals surface area contributed by atoms with Crippen molar-refractivity contribution in [2.45, 2.75) is 51.2 Å². The van der Waals surface area contributed by atoms with Gasteiger partial charge in [0.15, 0.2) is 6.40 Å². The second kappa shape index (κ2) is 8.18. The summed E-state index contributed by atoms with van der Waals surface area (Å²) in [5.74, 6) is -0.354. The maximum absolute atomic E-state index is 12.0. The molecule has 2 rings (SSSR count). The van der Waals surface area contributed by atoms with Gasteiger partial charge in [0.1, 0.15) is 0 Å². The summed E-state index contributed by atoms with van der Waals surface area (Å²) >= 11 is 1.42. The van der Waals surface area contributed by atoms with Gasteiger partial charge in [0.05, 0.1) is 12.0 Å². The molecule has 1 aliphatic rings. The first-order valence-electron chi connectivity index (χ1n) is 7.73. The topological polar surface area (TPSA) is 38.7 Å². The van der Waals surface area contributed by atoms with Gasteiger partial charge in [-0.1, -0.05) is 44.0 Å². The molecule has 1 aromatic rings. The Bertz CT molecular complexity index is 574. The van der Waals surface area contributed by atoms with Gasteiger partial charge in [0.2, 0.25) is 0 Å². The molecular weight excluding hydrogens is 294 g/mol. The molecule has 3 nitrogen and oxygen atoms in total. The Morgan fingerprint density at radius 1 is 1.27 bits per heavy atom. The fourth-order valence-corrected chi connectivity index (χ4v) is 3.24. The smallest absolute Gasteiger partial charge is 0.279 e. The van der Waals surface area contributed by atoms with E-state index in [1.165, 1.54) is 56.1 Å². The van der Waals surface area contributed by atoms with Crippen LogP contribution in [0, 0.1) is 13.8 Å². The third kappa shape index (κ3) is 4.73. The van der Waals surface area contributed by atoms with Gasteiger partial charge in [-0.05, 0) is 43.4 Å². The quantitative estimate of drug-likeness (QED) is 0.336. The zero-order chi connectivity index (χ0) is 15.9. The van der Waals surface area contributed by atoms with Gasteiger partial charge in [-0.15, -0.1) is 0 Å². The molecular formula is C18H23NO2S. The molecule has 4 heteroatoms. The van der Waals surface area contributed by atoms with Crippen LogP contribution in [0.3, 0.4) is 0 Å². The first-order chi connectivity index (χ1) is 10.6.